The van der Waals surface area contributed by atoms with Crippen molar-refractivity contribution in [2.75, 3.05) is 0 Å². The summed E-state index contributed by atoms with van der Waals surface area (Å²) < 4.78 is 0. The Bertz CT molecular complexity index is 429. The van der Waals surface area contributed by atoms with E-state index in [1.807, 2.05) is 6.08 Å². The van der Waals surface area contributed by atoms with E-state index in [4.69, 9.17) is 0 Å². The predicted octanol–water partition coefficient (Wildman–Crippen LogP) is 5.50. The number of aliphatic hydroxyl groups is 1. The highest BCUT2D eigenvalue weighted by Crippen LogP contribution is 2.62. The summed E-state index contributed by atoms with van der Waals surface area (Å²) in [5, 5.41) is 11.0. The van der Waals surface area contributed by atoms with Gasteiger partial charge in [0.15, 0.2) is 0 Å². The van der Waals surface area contributed by atoms with Crippen molar-refractivity contribution in [1.29, 1.82) is 0 Å². The second-order valence-corrected chi connectivity index (χ2v) is 8.74. The number of rotatable bonds is 3. The highest BCUT2D eigenvalue weighted by atomic mass is 16.3. The Hall–Kier alpha value is -0.560. The first-order chi connectivity index (χ1) is 9.63. The van der Waals surface area contributed by atoms with Crippen LogP contribution in [0.25, 0.3) is 0 Å². The smallest absolute Gasteiger partial charge is 0.0656 e. The van der Waals surface area contributed by atoms with Gasteiger partial charge in [-0.05, 0) is 68.6 Å². The third kappa shape index (κ3) is 2.99. The molecule has 0 aliphatic heterocycles. The summed E-state index contributed by atoms with van der Waals surface area (Å²) in [5.74, 6) is 1.10. The first-order valence-corrected chi connectivity index (χ1v) is 8.65. The van der Waals surface area contributed by atoms with Crippen molar-refractivity contribution in [2.24, 2.45) is 22.7 Å². The highest BCUT2D eigenvalue weighted by molar-refractivity contribution is 5.15. The molecule has 2 rings (SSSR count). The van der Waals surface area contributed by atoms with E-state index in [1.54, 1.807) is 0 Å². The molecule has 1 N–H and O–H groups in total. The van der Waals surface area contributed by atoms with Gasteiger partial charge in [0.2, 0.25) is 0 Å². The molecular formula is C20H34O. The Labute approximate surface area is 131 Å². The highest BCUT2D eigenvalue weighted by Gasteiger charge is 2.57. The minimum atomic E-state index is -0.531. The molecule has 2 aliphatic carbocycles. The van der Waals surface area contributed by atoms with Gasteiger partial charge in [0.25, 0.3) is 0 Å². The van der Waals surface area contributed by atoms with Crippen LogP contribution in [0.5, 0.6) is 0 Å². The molecular weight excluding hydrogens is 256 g/mol. The topological polar surface area (TPSA) is 20.2 Å². The maximum absolute atomic E-state index is 11.0. The molecule has 0 saturated heterocycles. The zero-order valence-electron chi connectivity index (χ0n) is 14.7. The standard InChI is InChI=1S/C20H34O/c1-7-15(2)9-10-17-19(5)13-8-12-18(3,4)16(19)11-14-20(17,6)21/h7,9,16-17,21H,1,8,10-14H2,2-6H3/b15-9-/t16-,17+,19+,20+/m0/s1. The molecule has 120 valence electrons. The fraction of sp³-hybridized carbons (Fsp3) is 0.800. The minimum absolute atomic E-state index is 0.265. The van der Waals surface area contributed by atoms with Gasteiger partial charge in [0.1, 0.15) is 0 Å². The van der Waals surface area contributed by atoms with Crippen LogP contribution in [0, 0.1) is 22.7 Å². The summed E-state index contributed by atoms with van der Waals surface area (Å²) >= 11 is 0. The van der Waals surface area contributed by atoms with Gasteiger partial charge in [0, 0.05) is 0 Å². The van der Waals surface area contributed by atoms with Gasteiger partial charge in [-0.1, -0.05) is 51.5 Å². The van der Waals surface area contributed by atoms with Crippen molar-refractivity contribution in [3.63, 3.8) is 0 Å². The lowest BCUT2D eigenvalue weighted by Gasteiger charge is -2.61. The SMILES string of the molecule is C=C/C(C)=C\C[C@@H]1[C@]2(C)CCCC(C)(C)[C@@H]2CC[C@@]1(C)O. The molecule has 2 fully saturated rings. The van der Waals surface area contributed by atoms with Crippen molar-refractivity contribution >= 4 is 0 Å². The molecule has 0 bridgehead atoms. The Morgan fingerprint density at radius 3 is 2.48 bits per heavy atom. The molecule has 21 heavy (non-hydrogen) atoms. The average Bonchev–Trinajstić information content (AvgIpc) is 2.35. The molecule has 2 aliphatic rings. The summed E-state index contributed by atoms with van der Waals surface area (Å²) in [6.07, 6.45) is 11.2. The molecule has 0 unspecified atom stereocenters. The lowest BCUT2D eigenvalue weighted by atomic mass is 9.45. The normalized spacial score (nSPS) is 43.2. The molecule has 0 aromatic rings. The maximum Gasteiger partial charge on any atom is 0.0656 e. The molecule has 1 heteroatoms. The van der Waals surface area contributed by atoms with Crippen LogP contribution in [0.1, 0.15) is 73.1 Å². The number of hydrogen-bond donors (Lipinski definition) is 1. The molecule has 4 atom stereocenters. The van der Waals surface area contributed by atoms with E-state index in [9.17, 15) is 5.11 Å². The van der Waals surface area contributed by atoms with Crippen LogP contribution in [0.3, 0.4) is 0 Å². The number of hydrogen-bond acceptors (Lipinski definition) is 1. The van der Waals surface area contributed by atoms with Crippen molar-refractivity contribution in [1.82, 2.24) is 0 Å². The Morgan fingerprint density at radius 1 is 1.19 bits per heavy atom. The Balaban J connectivity index is 2.35. The van der Waals surface area contributed by atoms with E-state index in [-0.39, 0.29) is 5.41 Å². The quantitative estimate of drug-likeness (QED) is 0.680. The van der Waals surface area contributed by atoms with Gasteiger partial charge in [-0.3, -0.25) is 0 Å². The summed E-state index contributed by atoms with van der Waals surface area (Å²) in [6, 6.07) is 0. The molecule has 0 aromatic carbocycles. The predicted molar refractivity (Wildman–Crippen MR) is 91.1 cm³/mol. The largest absolute Gasteiger partial charge is 0.390 e. The fourth-order valence-electron chi connectivity index (χ4n) is 5.53. The van der Waals surface area contributed by atoms with Crippen molar-refractivity contribution in [3.8, 4) is 0 Å². The summed E-state index contributed by atoms with van der Waals surface area (Å²) in [6.45, 7) is 15.4. The summed E-state index contributed by atoms with van der Waals surface area (Å²) in [4.78, 5) is 0. The number of fused-ring (bicyclic) bond motifs is 1. The molecule has 0 spiro atoms. The molecule has 1 nitrogen and oxygen atoms in total. The summed E-state index contributed by atoms with van der Waals surface area (Å²) in [7, 11) is 0. The van der Waals surface area contributed by atoms with Crippen molar-refractivity contribution in [3.05, 3.63) is 24.3 Å². The second kappa shape index (κ2) is 5.57. The van der Waals surface area contributed by atoms with Gasteiger partial charge in [-0.2, -0.15) is 0 Å². The minimum Gasteiger partial charge on any atom is -0.390 e. The van der Waals surface area contributed by atoms with Crippen LogP contribution < -0.4 is 0 Å². The Kier molecular flexibility index (Phi) is 4.46. The third-order valence-electron chi connectivity index (χ3n) is 6.76. The van der Waals surface area contributed by atoms with Gasteiger partial charge in [0.05, 0.1) is 5.60 Å². The van der Waals surface area contributed by atoms with E-state index in [1.165, 1.54) is 31.3 Å². The van der Waals surface area contributed by atoms with Gasteiger partial charge >= 0.3 is 0 Å². The van der Waals surface area contributed by atoms with Crippen molar-refractivity contribution < 1.29 is 5.11 Å². The van der Waals surface area contributed by atoms with Gasteiger partial charge in [-0.25, -0.2) is 0 Å². The molecule has 0 aromatic heterocycles. The van der Waals surface area contributed by atoms with E-state index in [2.05, 4.69) is 47.3 Å². The maximum atomic E-state index is 11.0. The van der Waals surface area contributed by atoms with Crippen LogP contribution >= 0.6 is 0 Å². The average molecular weight is 290 g/mol. The monoisotopic (exact) mass is 290 g/mol. The van der Waals surface area contributed by atoms with Crippen LogP contribution in [-0.2, 0) is 0 Å². The molecule has 0 amide bonds. The second-order valence-electron chi connectivity index (χ2n) is 8.74. The van der Waals surface area contributed by atoms with Gasteiger partial charge < -0.3 is 5.11 Å². The molecule has 0 heterocycles. The number of allylic oxidation sites excluding steroid dienone is 3. The lowest BCUT2D eigenvalue weighted by Crippen LogP contribution is -2.57. The lowest BCUT2D eigenvalue weighted by molar-refractivity contribution is -0.165. The zero-order chi connectivity index (χ0) is 15.9. The Morgan fingerprint density at radius 2 is 1.86 bits per heavy atom. The molecule has 0 radical (unpaired) electrons. The molecule has 2 saturated carbocycles. The van der Waals surface area contributed by atoms with Crippen LogP contribution in [0.2, 0.25) is 0 Å². The first kappa shape index (κ1) is 16.8. The van der Waals surface area contributed by atoms with E-state index in [0.717, 1.165) is 18.8 Å². The zero-order valence-corrected chi connectivity index (χ0v) is 14.7. The van der Waals surface area contributed by atoms with Crippen LogP contribution in [0.15, 0.2) is 24.3 Å². The van der Waals surface area contributed by atoms with E-state index < -0.39 is 5.60 Å². The van der Waals surface area contributed by atoms with E-state index >= 15 is 0 Å². The fourth-order valence-corrected chi connectivity index (χ4v) is 5.53. The summed E-state index contributed by atoms with van der Waals surface area (Å²) in [5.41, 5.74) is 1.38. The van der Waals surface area contributed by atoms with Crippen LogP contribution in [-0.4, -0.2) is 10.7 Å². The van der Waals surface area contributed by atoms with E-state index in [0.29, 0.717) is 11.3 Å². The third-order valence-corrected chi connectivity index (χ3v) is 6.76. The van der Waals surface area contributed by atoms with Gasteiger partial charge in [-0.15, -0.1) is 0 Å². The van der Waals surface area contributed by atoms with Crippen LogP contribution in [0.4, 0.5) is 0 Å². The first-order valence-electron chi connectivity index (χ1n) is 8.65. The van der Waals surface area contributed by atoms with Crippen molar-refractivity contribution in [2.45, 2.75) is 78.7 Å².